The minimum absolute atomic E-state index is 0.0173. The third-order valence-corrected chi connectivity index (χ3v) is 6.63. The number of imidazole rings is 1. The average molecular weight is 445 g/mol. The highest BCUT2D eigenvalue weighted by Gasteiger charge is 2.22. The number of carbonyl (C=O) groups is 1. The van der Waals surface area contributed by atoms with Crippen LogP contribution in [0.15, 0.2) is 78.2 Å². The molecule has 1 N–H and O–H groups in total. The SMILES string of the molecule is O=C(NC1CCN(c2ncccn2)CC1)c1ccc(SCc2cn3ccccc3n2)cc1. The standard InChI is InChI=1S/C24H24N6OS/c31-23(28-19-9-14-29(15-10-19)24-25-11-3-12-26-24)18-5-7-21(8-6-18)32-17-20-16-30-13-2-1-4-22(30)27-20/h1-8,11-13,16,19H,9-10,14-15,17H2,(H,28,31). The molecular formula is C24H24N6OS. The van der Waals surface area contributed by atoms with Gasteiger partial charge in [-0.3, -0.25) is 4.79 Å². The number of fused-ring (bicyclic) bond motifs is 1. The predicted octanol–water partition coefficient (Wildman–Crippen LogP) is 3.82. The van der Waals surface area contributed by atoms with E-state index in [2.05, 4.69) is 31.4 Å². The fraction of sp³-hybridized carbons (Fsp3) is 0.250. The number of rotatable bonds is 6. The molecule has 5 rings (SSSR count). The van der Waals surface area contributed by atoms with Crippen molar-refractivity contribution in [3.05, 3.63) is 84.6 Å². The van der Waals surface area contributed by atoms with Crippen LogP contribution in [0.4, 0.5) is 5.95 Å². The monoisotopic (exact) mass is 444 g/mol. The quantitative estimate of drug-likeness (QED) is 0.456. The first-order valence-corrected chi connectivity index (χ1v) is 11.7. The van der Waals surface area contributed by atoms with Crippen molar-refractivity contribution >= 4 is 29.3 Å². The van der Waals surface area contributed by atoms with Crippen LogP contribution in [-0.2, 0) is 5.75 Å². The molecule has 4 heterocycles. The van der Waals surface area contributed by atoms with E-state index >= 15 is 0 Å². The number of hydrogen-bond donors (Lipinski definition) is 1. The summed E-state index contributed by atoms with van der Waals surface area (Å²) >= 11 is 1.72. The van der Waals surface area contributed by atoms with Gasteiger partial charge in [0.25, 0.3) is 5.91 Å². The number of thioether (sulfide) groups is 1. The van der Waals surface area contributed by atoms with Crippen LogP contribution in [0.2, 0.25) is 0 Å². The summed E-state index contributed by atoms with van der Waals surface area (Å²) in [6.07, 6.45) is 9.35. The van der Waals surface area contributed by atoms with Gasteiger partial charge in [-0.1, -0.05) is 6.07 Å². The van der Waals surface area contributed by atoms with E-state index in [4.69, 9.17) is 0 Å². The van der Waals surface area contributed by atoms with Crippen LogP contribution in [0.1, 0.15) is 28.9 Å². The molecule has 0 spiro atoms. The van der Waals surface area contributed by atoms with E-state index in [0.717, 1.165) is 53.9 Å². The van der Waals surface area contributed by atoms with E-state index in [0.29, 0.717) is 5.56 Å². The van der Waals surface area contributed by atoms with Crippen molar-refractivity contribution in [2.75, 3.05) is 18.0 Å². The molecule has 1 aliphatic heterocycles. The summed E-state index contributed by atoms with van der Waals surface area (Å²) < 4.78 is 2.03. The Morgan fingerprint density at radius 2 is 1.81 bits per heavy atom. The van der Waals surface area contributed by atoms with Crippen LogP contribution in [0.25, 0.3) is 5.65 Å². The predicted molar refractivity (Wildman–Crippen MR) is 126 cm³/mol. The maximum Gasteiger partial charge on any atom is 0.251 e. The summed E-state index contributed by atoms with van der Waals surface area (Å²) in [6, 6.07) is 15.8. The molecule has 0 radical (unpaired) electrons. The molecule has 1 amide bonds. The zero-order valence-electron chi connectivity index (χ0n) is 17.6. The zero-order chi connectivity index (χ0) is 21.8. The number of hydrogen-bond acceptors (Lipinski definition) is 6. The molecule has 1 aliphatic rings. The molecule has 4 aromatic rings. The number of aromatic nitrogens is 4. The van der Waals surface area contributed by atoms with Gasteiger partial charge in [0.1, 0.15) is 5.65 Å². The molecule has 32 heavy (non-hydrogen) atoms. The fourth-order valence-electron chi connectivity index (χ4n) is 3.86. The van der Waals surface area contributed by atoms with Crippen LogP contribution in [0.5, 0.6) is 0 Å². The molecule has 162 valence electrons. The molecule has 8 heteroatoms. The second-order valence-electron chi connectivity index (χ2n) is 7.79. The van der Waals surface area contributed by atoms with Gasteiger partial charge in [0, 0.05) is 60.1 Å². The van der Waals surface area contributed by atoms with Gasteiger partial charge in [-0.15, -0.1) is 11.8 Å². The highest BCUT2D eigenvalue weighted by atomic mass is 32.2. The zero-order valence-corrected chi connectivity index (χ0v) is 18.4. The van der Waals surface area contributed by atoms with Crippen molar-refractivity contribution in [1.82, 2.24) is 24.7 Å². The second kappa shape index (κ2) is 9.40. The topological polar surface area (TPSA) is 75.4 Å². The summed E-state index contributed by atoms with van der Waals surface area (Å²) in [6.45, 7) is 1.68. The van der Waals surface area contributed by atoms with E-state index in [1.807, 2.05) is 59.1 Å². The van der Waals surface area contributed by atoms with E-state index in [1.165, 1.54) is 0 Å². The van der Waals surface area contributed by atoms with Crippen LogP contribution in [0, 0.1) is 0 Å². The van der Waals surface area contributed by atoms with Crippen molar-refractivity contribution in [3.63, 3.8) is 0 Å². The third kappa shape index (κ3) is 4.75. The lowest BCUT2D eigenvalue weighted by Crippen LogP contribution is -2.45. The Kier molecular flexibility index (Phi) is 6.02. The van der Waals surface area contributed by atoms with Crippen molar-refractivity contribution in [3.8, 4) is 0 Å². The second-order valence-corrected chi connectivity index (χ2v) is 8.84. The van der Waals surface area contributed by atoms with Gasteiger partial charge in [-0.2, -0.15) is 0 Å². The fourth-order valence-corrected chi connectivity index (χ4v) is 4.65. The molecule has 1 aromatic carbocycles. The summed E-state index contributed by atoms with van der Waals surface area (Å²) in [4.78, 5) is 29.2. The van der Waals surface area contributed by atoms with E-state index < -0.39 is 0 Å². The molecule has 0 unspecified atom stereocenters. The molecule has 1 saturated heterocycles. The lowest BCUT2D eigenvalue weighted by molar-refractivity contribution is 0.0931. The maximum absolute atomic E-state index is 12.7. The van der Waals surface area contributed by atoms with Crippen molar-refractivity contribution in [1.29, 1.82) is 0 Å². The minimum Gasteiger partial charge on any atom is -0.349 e. The van der Waals surface area contributed by atoms with Crippen LogP contribution in [0.3, 0.4) is 0 Å². The summed E-state index contributed by atoms with van der Waals surface area (Å²) in [5.74, 6) is 1.53. The largest absolute Gasteiger partial charge is 0.349 e. The Labute approximate surface area is 190 Å². The Hall–Kier alpha value is -3.39. The summed E-state index contributed by atoms with van der Waals surface area (Å²) in [5.41, 5.74) is 2.68. The first-order valence-electron chi connectivity index (χ1n) is 10.7. The number of pyridine rings is 1. The highest BCUT2D eigenvalue weighted by molar-refractivity contribution is 7.98. The number of anilines is 1. The van der Waals surface area contributed by atoms with Gasteiger partial charge < -0.3 is 14.6 Å². The van der Waals surface area contributed by atoms with E-state index in [-0.39, 0.29) is 11.9 Å². The molecular weight excluding hydrogens is 420 g/mol. The van der Waals surface area contributed by atoms with Gasteiger partial charge in [0.15, 0.2) is 0 Å². The number of amides is 1. The van der Waals surface area contributed by atoms with Crippen LogP contribution < -0.4 is 10.2 Å². The van der Waals surface area contributed by atoms with Gasteiger partial charge in [-0.05, 0) is 55.3 Å². The van der Waals surface area contributed by atoms with E-state index in [9.17, 15) is 4.79 Å². The molecule has 0 atom stereocenters. The Morgan fingerprint density at radius 3 is 2.56 bits per heavy atom. The average Bonchev–Trinajstić information content (AvgIpc) is 3.27. The molecule has 0 bridgehead atoms. The van der Waals surface area contributed by atoms with Gasteiger partial charge in [0.05, 0.1) is 5.69 Å². The van der Waals surface area contributed by atoms with Crippen molar-refractivity contribution in [2.24, 2.45) is 0 Å². The Morgan fingerprint density at radius 1 is 1.03 bits per heavy atom. The minimum atomic E-state index is -0.0173. The molecule has 3 aromatic heterocycles. The van der Waals surface area contributed by atoms with E-state index in [1.54, 1.807) is 24.2 Å². The lowest BCUT2D eigenvalue weighted by Gasteiger charge is -2.32. The number of carbonyl (C=O) groups excluding carboxylic acids is 1. The number of nitrogens with zero attached hydrogens (tertiary/aromatic N) is 5. The molecule has 0 aliphatic carbocycles. The third-order valence-electron chi connectivity index (χ3n) is 5.58. The number of piperidine rings is 1. The van der Waals surface area contributed by atoms with Crippen molar-refractivity contribution in [2.45, 2.75) is 29.5 Å². The first-order chi connectivity index (χ1) is 15.7. The highest BCUT2D eigenvalue weighted by Crippen LogP contribution is 2.23. The van der Waals surface area contributed by atoms with Gasteiger partial charge >= 0.3 is 0 Å². The maximum atomic E-state index is 12.7. The van der Waals surface area contributed by atoms with Crippen LogP contribution >= 0.6 is 11.8 Å². The summed E-state index contributed by atoms with van der Waals surface area (Å²) in [5, 5.41) is 3.17. The first kappa shape index (κ1) is 20.5. The number of nitrogens with one attached hydrogen (secondary N) is 1. The molecule has 0 saturated carbocycles. The summed E-state index contributed by atoms with van der Waals surface area (Å²) in [7, 11) is 0. The molecule has 1 fully saturated rings. The Bertz CT molecular complexity index is 1150. The lowest BCUT2D eigenvalue weighted by atomic mass is 10.0. The number of benzene rings is 1. The normalized spacial score (nSPS) is 14.6. The smallest absolute Gasteiger partial charge is 0.251 e. The van der Waals surface area contributed by atoms with Crippen LogP contribution in [-0.4, -0.2) is 44.4 Å². The van der Waals surface area contributed by atoms with Crippen molar-refractivity contribution < 1.29 is 4.79 Å². The Balaban J connectivity index is 1.12. The van der Waals surface area contributed by atoms with Gasteiger partial charge in [-0.25, -0.2) is 15.0 Å². The van der Waals surface area contributed by atoms with Gasteiger partial charge in [0.2, 0.25) is 5.95 Å². The molecule has 7 nitrogen and oxygen atoms in total.